The minimum Gasteiger partial charge on any atom is -0.763 e. The van der Waals surface area contributed by atoms with Gasteiger partial charge < -0.3 is 5.41 Å². The quantitative estimate of drug-likeness (QED) is 0.610. The molecule has 1 aromatic carbocycles. The second kappa shape index (κ2) is 5.72. The van der Waals surface area contributed by atoms with Crippen LogP contribution >= 0.6 is 0 Å². The lowest BCUT2D eigenvalue weighted by atomic mass is 9.83. The summed E-state index contributed by atoms with van der Waals surface area (Å²) in [5.74, 6) is 0.514. The van der Waals surface area contributed by atoms with Crippen molar-refractivity contribution in [3.8, 4) is 0 Å². The van der Waals surface area contributed by atoms with Crippen LogP contribution in [0.15, 0.2) is 40.2 Å². The maximum absolute atomic E-state index is 13.3. The number of alkyl halides is 3. The fraction of sp³-hybridized carbons (Fsp3) is 0.235. The van der Waals surface area contributed by atoms with Gasteiger partial charge in [-0.1, -0.05) is 6.07 Å². The first kappa shape index (κ1) is 16.7. The van der Waals surface area contributed by atoms with Crippen LogP contribution in [0.25, 0.3) is 21.2 Å². The number of nitrogens with one attached hydrogen (secondary N) is 1. The molecule has 1 N–H and O–H groups in total. The van der Waals surface area contributed by atoms with Gasteiger partial charge in [0.2, 0.25) is 0 Å². The third-order valence-electron chi connectivity index (χ3n) is 4.08. The molecule has 0 spiro atoms. The molecule has 25 heavy (non-hydrogen) atoms. The topological polar surface area (TPSA) is 67.7 Å². The van der Waals surface area contributed by atoms with E-state index in [-0.39, 0.29) is 11.4 Å². The first-order chi connectivity index (χ1) is 11.8. The third-order valence-corrected chi connectivity index (χ3v) is 4.08. The number of nitrogens with zero attached hydrogens (tertiary/aromatic N) is 4. The Hall–Kier alpha value is -3.17. The predicted octanol–water partition coefficient (Wildman–Crippen LogP) is 4.29. The summed E-state index contributed by atoms with van der Waals surface area (Å²) in [5, 5.41) is 17.0. The number of rotatable bonds is 1. The summed E-state index contributed by atoms with van der Waals surface area (Å²) in [6.07, 6.45) is -4.77. The molecule has 0 radical (unpaired) electrons. The maximum Gasteiger partial charge on any atom is 0.434 e. The maximum atomic E-state index is 13.3. The van der Waals surface area contributed by atoms with E-state index in [2.05, 4.69) is 20.0 Å². The molecular formula is C17H11F3N5-. The van der Waals surface area contributed by atoms with Crippen molar-refractivity contribution in [3.63, 3.8) is 0 Å². The van der Waals surface area contributed by atoms with Crippen LogP contribution in [0.5, 0.6) is 0 Å². The zero-order chi connectivity index (χ0) is 18.4. The van der Waals surface area contributed by atoms with Gasteiger partial charge >= 0.3 is 6.18 Å². The molecule has 126 valence electrons. The molecule has 0 saturated heterocycles. The minimum absolute atomic E-state index is 0.0186. The summed E-state index contributed by atoms with van der Waals surface area (Å²) < 4.78 is 40.0. The van der Waals surface area contributed by atoms with Crippen molar-refractivity contribution < 1.29 is 13.2 Å². The van der Waals surface area contributed by atoms with Gasteiger partial charge in [0.25, 0.3) is 0 Å². The van der Waals surface area contributed by atoms with Crippen molar-refractivity contribution in [2.45, 2.75) is 25.9 Å². The van der Waals surface area contributed by atoms with Crippen LogP contribution in [0.4, 0.5) is 13.2 Å². The van der Waals surface area contributed by atoms with Crippen LogP contribution in [0, 0.1) is 13.5 Å². The lowest BCUT2D eigenvalue weighted by Gasteiger charge is -2.27. The average Bonchev–Trinajstić information content (AvgIpc) is 2.93. The molecule has 1 aromatic heterocycles. The van der Waals surface area contributed by atoms with Gasteiger partial charge in [-0.15, -0.1) is 0 Å². The Morgan fingerprint density at radius 2 is 2.04 bits per heavy atom. The van der Waals surface area contributed by atoms with E-state index in [9.17, 15) is 18.6 Å². The number of fused-ring (bicyclic) bond motifs is 1. The van der Waals surface area contributed by atoms with Gasteiger partial charge in [-0.3, -0.25) is 16.0 Å². The number of aliphatic imine (C=N–C) groups is 1. The Balaban J connectivity index is 2.28. The van der Waals surface area contributed by atoms with E-state index in [1.807, 2.05) is 0 Å². The lowest BCUT2D eigenvalue weighted by Crippen LogP contribution is -2.31. The highest BCUT2D eigenvalue weighted by Crippen LogP contribution is 2.42. The number of aryl methyl sites for hydroxylation is 1. The number of aromatic nitrogens is 2. The lowest BCUT2D eigenvalue weighted by molar-refractivity contribution is -0.0585. The van der Waals surface area contributed by atoms with Gasteiger partial charge in [0, 0.05) is 22.4 Å². The monoisotopic (exact) mass is 342 g/mol. The fourth-order valence-electron chi connectivity index (χ4n) is 2.91. The second-order valence-electron chi connectivity index (χ2n) is 5.62. The Bertz CT molecular complexity index is 1030. The Labute approximate surface area is 140 Å². The van der Waals surface area contributed by atoms with Gasteiger partial charge in [0.05, 0.1) is 18.0 Å². The number of hydrogen-bond acceptors (Lipinski definition) is 2. The fourth-order valence-corrected chi connectivity index (χ4v) is 2.91. The molecule has 1 aliphatic heterocycles. The van der Waals surface area contributed by atoms with E-state index < -0.39 is 23.4 Å². The number of allylic oxidation sites excluding steroid dienone is 2. The molecule has 0 unspecified atom stereocenters. The smallest absolute Gasteiger partial charge is 0.434 e. The molecular weight excluding hydrogens is 331 g/mol. The van der Waals surface area contributed by atoms with Gasteiger partial charge in [0.15, 0.2) is 11.4 Å². The average molecular weight is 342 g/mol. The number of halogens is 3. The highest BCUT2D eigenvalue weighted by atomic mass is 19.4. The predicted molar refractivity (Wildman–Crippen MR) is 88.2 cm³/mol. The first-order valence-electron chi connectivity index (χ1n) is 7.24. The van der Waals surface area contributed by atoms with Crippen molar-refractivity contribution in [1.82, 2.24) is 10.2 Å². The highest BCUT2D eigenvalue weighted by Gasteiger charge is 2.44. The summed E-state index contributed by atoms with van der Waals surface area (Å²) in [6, 6.07) is 4.90. The molecule has 0 bridgehead atoms. The van der Waals surface area contributed by atoms with Crippen LogP contribution in [0.3, 0.4) is 0 Å². The zero-order valence-electron chi connectivity index (χ0n) is 13.2. The molecule has 1 atom stereocenters. The van der Waals surface area contributed by atoms with Crippen LogP contribution in [-0.2, 0) is 0 Å². The first-order valence-corrected chi connectivity index (χ1v) is 7.24. The van der Waals surface area contributed by atoms with E-state index in [1.165, 1.54) is 6.92 Å². The molecule has 2 heterocycles. The normalized spacial score (nSPS) is 18.2. The molecule has 0 saturated carbocycles. The number of benzene rings is 1. The minimum atomic E-state index is -4.77. The van der Waals surface area contributed by atoms with Crippen molar-refractivity contribution in [1.29, 1.82) is 0 Å². The largest absolute Gasteiger partial charge is 0.763 e. The molecule has 8 heteroatoms. The van der Waals surface area contributed by atoms with Crippen LogP contribution in [-0.4, -0.2) is 28.0 Å². The van der Waals surface area contributed by atoms with Crippen LogP contribution in [0.2, 0.25) is 0 Å². The van der Waals surface area contributed by atoms with Crippen molar-refractivity contribution in [2.24, 2.45) is 4.99 Å². The highest BCUT2D eigenvalue weighted by molar-refractivity contribution is 6.13. The van der Waals surface area contributed by atoms with Crippen LogP contribution < -0.4 is 0 Å². The molecule has 0 aliphatic carbocycles. The Morgan fingerprint density at radius 3 is 2.64 bits per heavy atom. The summed E-state index contributed by atoms with van der Waals surface area (Å²) in [4.78, 5) is 6.83. The number of aromatic amines is 1. The summed E-state index contributed by atoms with van der Waals surface area (Å²) >= 11 is 0. The molecule has 1 aliphatic rings. The van der Waals surface area contributed by atoms with Gasteiger partial charge in [-0.05, 0) is 31.5 Å². The molecule has 0 amide bonds. The summed E-state index contributed by atoms with van der Waals surface area (Å²) in [7, 11) is 0. The summed E-state index contributed by atoms with van der Waals surface area (Å²) in [6.45, 7) is 10.5. The van der Waals surface area contributed by atoms with Gasteiger partial charge in [0.1, 0.15) is 0 Å². The summed E-state index contributed by atoms with van der Waals surface area (Å²) in [5.41, 5.74) is 0.0146. The molecule has 0 fully saturated rings. The second-order valence-corrected chi connectivity index (χ2v) is 5.62. The number of hydrogen-bond donors (Lipinski definition) is 1. The van der Waals surface area contributed by atoms with E-state index in [4.69, 9.17) is 6.57 Å². The Kier molecular flexibility index (Phi) is 3.82. The number of H-pyrrole nitrogens is 1. The van der Waals surface area contributed by atoms with Gasteiger partial charge in [-0.25, -0.2) is 4.85 Å². The van der Waals surface area contributed by atoms with Gasteiger partial charge in [-0.2, -0.15) is 18.3 Å². The molecule has 5 nitrogen and oxygen atoms in total. The molecule has 3 rings (SSSR count). The standard InChI is InChI=1S/C17H11F3N5/c1-8-11-6-10(4-5-13(11)25-24-8)14-12(7-21)16(17(18,19)20)23-9(2)15(14)22-3/h4-6,14H,1-2H3,(H,24,25)/q-1/t14-/m1/s1. The van der Waals surface area contributed by atoms with E-state index in [0.29, 0.717) is 11.1 Å². The van der Waals surface area contributed by atoms with E-state index in [0.717, 1.165) is 11.1 Å². The van der Waals surface area contributed by atoms with E-state index >= 15 is 0 Å². The van der Waals surface area contributed by atoms with E-state index in [1.54, 1.807) is 31.0 Å². The van der Waals surface area contributed by atoms with Crippen molar-refractivity contribution in [3.05, 3.63) is 63.3 Å². The van der Waals surface area contributed by atoms with Crippen LogP contribution in [0.1, 0.15) is 24.1 Å². The third kappa shape index (κ3) is 2.65. The Morgan fingerprint density at radius 1 is 1.32 bits per heavy atom. The SMILES string of the molecule is [C-]#[N+]C1=C(C)N=C(C(F)(F)F)C(=C=[N-])[C@H]1c1ccc2n[nH]c(C)c2c1. The molecule has 2 aromatic rings. The van der Waals surface area contributed by atoms with Crippen molar-refractivity contribution in [2.75, 3.05) is 0 Å². The van der Waals surface area contributed by atoms with Crippen molar-refractivity contribution >= 4 is 22.5 Å². The zero-order valence-corrected chi connectivity index (χ0v) is 13.2.